The molecule has 3 heterocycles. The van der Waals surface area contributed by atoms with E-state index in [0.717, 1.165) is 37.3 Å². The van der Waals surface area contributed by atoms with E-state index in [1.807, 2.05) is 23.9 Å². The number of likely N-dealkylation sites (tertiary alicyclic amines) is 1. The molecule has 0 amide bonds. The highest BCUT2D eigenvalue weighted by atomic mass is 16.3. The largest absolute Gasteiger partial charge is 0.506 e. The van der Waals surface area contributed by atoms with Crippen molar-refractivity contribution in [3.63, 3.8) is 0 Å². The van der Waals surface area contributed by atoms with Crippen LogP contribution < -0.4 is 0 Å². The predicted octanol–water partition coefficient (Wildman–Crippen LogP) is 1.66. The molecule has 6 heteroatoms. The number of hydrogen-bond donors (Lipinski definition) is 2. The molecule has 1 aliphatic heterocycles. The van der Waals surface area contributed by atoms with Crippen molar-refractivity contribution in [2.45, 2.75) is 38.8 Å². The number of aromatic hydroxyl groups is 1. The lowest BCUT2D eigenvalue weighted by molar-refractivity contribution is 0.195. The quantitative estimate of drug-likeness (QED) is 0.877. The summed E-state index contributed by atoms with van der Waals surface area (Å²) in [6.45, 7) is 5.26. The Morgan fingerprint density at radius 1 is 1.22 bits per heavy atom. The third kappa shape index (κ3) is 3.71. The summed E-state index contributed by atoms with van der Waals surface area (Å²) >= 11 is 0. The molecule has 0 spiro atoms. The van der Waals surface area contributed by atoms with Gasteiger partial charge >= 0.3 is 0 Å². The smallest absolute Gasteiger partial charge is 0.138 e. The molecule has 0 bridgehead atoms. The average molecular weight is 316 g/mol. The molecule has 0 unspecified atom stereocenters. The fraction of sp³-hybridized carbons (Fsp3) is 0.529. The lowest BCUT2D eigenvalue weighted by Gasteiger charge is -2.32. The lowest BCUT2D eigenvalue weighted by atomic mass is 9.93. The van der Waals surface area contributed by atoms with E-state index >= 15 is 0 Å². The topological polar surface area (TPSA) is 74.4 Å². The van der Waals surface area contributed by atoms with Gasteiger partial charge in [0.15, 0.2) is 0 Å². The maximum Gasteiger partial charge on any atom is 0.138 e. The number of aryl methyl sites for hydroxylation is 1. The molecule has 0 saturated carbocycles. The van der Waals surface area contributed by atoms with Crippen molar-refractivity contribution < 1.29 is 10.2 Å². The second-order valence-electron chi connectivity index (χ2n) is 6.17. The second kappa shape index (κ2) is 7.10. The number of aliphatic hydroxyl groups excluding tert-OH is 1. The molecule has 0 aromatic carbocycles. The van der Waals surface area contributed by atoms with Gasteiger partial charge < -0.3 is 10.2 Å². The maximum absolute atomic E-state index is 9.94. The van der Waals surface area contributed by atoms with Crippen LogP contribution in [-0.2, 0) is 13.1 Å². The molecule has 2 aromatic heterocycles. The second-order valence-corrected chi connectivity index (χ2v) is 6.17. The Kier molecular flexibility index (Phi) is 4.93. The zero-order valence-corrected chi connectivity index (χ0v) is 13.5. The molecule has 23 heavy (non-hydrogen) atoms. The first kappa shape index (κ1) is 16.0. The predicted molar refractivity (Wildman–Crippen MR) is 87.2 cm³/mol. The highest BCUT2D eigenvalue weighted by Crippen LogP contribution is 2.29. The van der Waals surface area contributed by atoms with E-state index in [-0.39, 0.29) is 12.4 Å². The molecule has 2 aromatic rings. The van der Waals surface area contributed by atoms with Gasteiger partial charge in [-0.25, -0.2) is 0 Å². The minimum atomic E-state index is 0.117. The van der Waals surface area contributed by atoms with Gasteiger partial charge in [0.1, 0.15) is 5.75 Å². The third-order valence-corrected chi connectivity index (χ3v) is 4.53. The number of hydrogen-bond acceptors (Lipinski definition) is 5. The normalized spacial score (nSPS) is 16.8. The van der Waals surface area contributed by atoms with Crippen LogP contribution in [0.15, 0.2) is 24.4 Å². The number of nitrogens with zero attached hydrogens (tertiary/aromatic N) is 4. The van der Waals surface area contributed by atoms with Crippen molar-refractivity contribution in [3.8, 4) is 5.75 Å². The summed E-state index contributed by atoms with van der Waals surface area (Å²) in [7, 11) is 0. The number of aliphatic hydroxyl groups is 1. The van der Waals surface area contributed by atoms with Gasteiger partial charge in [-0.15, -0.1) is 0 Å². The minimum absolute atomic E-state index is 0.117. The molecule has 1 saturated heterocycles. The van der Waals surface area contributed by atoms with Gasteiger partial charge in [-0.05, 0) is 51.1 Å². The number of piperidine rings is 1. The zero-order chi connectivity index (χ0) is 16.2. The first-order chi connectivity index (χ1) is 11.2. The van der Waals surface area contributed by atoms with Crippen molar-refractivity contribution in [1.29, 1.82) is 0 Å². The monoisotopic (exact) mass is 316 g/mol. The molecule has 6 nitrogen and oxygen atoms in total. The first-order valence-electron chi connectivity index (χ1n) is 8.18. The SMILES string of the molecule is Cc1ccc(O)c(CN2CCC(c3ccnn3CCO)CC2)n1. The Bertz CT molecular complexity index is 648. The van der Waals surface area contributed by atoms with Crippen molar-refractivity contribution in [3.05, 3.63) is 41.5 Å². The molecule has 0 radical (unpaired) electrons. The Balaban J connectivity index is 1.60. The molecule has 3 rings (SSSR count). The van der Waals surface area contributed by atoms with E-state index in [9.17, 15) is 5.11 Å². The standard InChI is InChI=1S/C17H24N4O2/c1-13-2-3-17(23)15(19-13)12-20-8-5-14(6-9-20)16-4-7-18-21(16)10-11-22/h2-4,7,14,22-23H,5-6,8-12H2,1H3. The summed E-state index contributed by atoms with van der Waals surface area (Å²) in [5.41, 5.74) is 2.91. The summed E-state index contributed by atoms with van der Waals surface area (Å²) in [5.74, 6) is 0.762. The van der Waals surface area contributed by atoms with Crippen LogP contribution in [0.25, 0.3) is 0 Å². The van der Waals surface area contributed by atoms with Crippen molar-refractivity contribution >= 4 is 0 Å². The number of aromatic nitrogens is 3. The molecular formula is C17H24N4O2. The Labute approximate surface area is 136 Å². The van der Waals surface area contributed by atoms with Crippen LogP contribution in [0.1, 0.15) is 35.8 Å². The van der Waals surface area contributed by atoms with Gasteiger partial charge in [0, 0.05) is 30.0 Å². The highest BCUT2D eigenvalue weighted by Gasteiger charge is 2.24. The summed E-state index contributed by atoms with van der Waals surface area (Å²) in [6.07, 6.45) is 3.93. The molecule has 124 valence electrons. The van der Waals surface area contributed by atoms with Crippen LogP contribution in [0.4, 0.5) is 0 Å². The Hall–Kier alpha value is -1.92. The van der Waals surface area contributed by atoms with E-state index in [1.54, 1.807) is 6.07 Å². The van der Waals surface area contributed by atoms with Gasteiger partial charge in [0.25, 0.3) is 0 Å². The van der Waals surface area contributed by atoms with Crippen LogP contribution in [-0.4, -0.2) is 49.6 Å². The van der Waals surface area contributed by atoms with Crippen LogP contribution in [0, 0.1) is 6.92 Å². The van der Waals surface area contributed by atoms with Crippen molar-refractivity contribution in [2.24, 2.45) is 0 Å². The van der Waals surface area contributed by atoms with Crippen LogP contribution in [0.2, 0.25) is 0 Å². The molecule has 1 aliphatic rings. The van der Waals surface area contributed by atoms with Crippen molar-refractivity contribution in [1.82, 2.24) is 19.7 Å². The third-order valence-electron chi connectivity index (χ3n) is 4.53. The minimum Gasteiger partial charge on any atom is -0.506 e. The van der Waals surface area contributed by atoms with Gasteiger partial charge in [-0.2, -0.15) is 5.10 Å². The number of rotatable bonds is 5. The number of pyridine rings is 1. The average Bonchev–Trinajstić information content (AvgIpc) is 3.00. The highest BCUT2D eigenvalue weighted by molar-refractivity contribution is 5.27. The molecule has 1 fully saturated rings. The summed E-state index contributed by atoms with van der Waals surface area (Å²) < 4.78 is 1.91. The fourth-order valence-corrected chi connectivity index (χ4v) is 3.29. The molecule has 0 atom stereocenters. The van der Waals surface area contributed by atoms with Gasteiger partial charge in [0.05, 0.1) is 18.8 Å². The van der Waals surface area contributed by atoms with E-state index in [0.29, 0.717) is 19.0 Å². The summed E-state index contributed by atoms with van der Waals surface area (Å²) in [5, 5.41) is 23.3. The summed E-state index contributed by atoms with van der Waals surface area (Å²) in [6, 6.07) is 5.61. The first-order valence-corrected chi connectivity index (χ1v) is 8.18. The van der Waals surface area contributed by atoms with Crippen LogP contribution in [0.3, 0.4) is 0 Å². The van der Waals surface area contributed by atoms with E-state index in [2.05, 4.69) is 21.0 Å². The molecule has 2 N–H and O–H groups in total. The van der Waals surface area contributed by atoms with Gasteiger partial charge in [-0.1, -0.05) is 0 Å². The van der Waals surface area contributed by atoms with Gasteiger partial charge in [-0.3, -0.25) is 14.6 Å². The fourth-order valence-electron chi connectivity index (χ4n) is 3.29. The Morgan fingerprint density at radius 3 is 2.74 bits per heavy atom. The zero-order valence-electron chi connectivity index (χ0n) is 13.5. The van der Waals surface area contributed by atoms with Gasteiger partial charge in [0.2, 0.25) is 0 Å². The molecule has 0 aliphatic carbocycles. The van der Waals surface area contributed by atoms with E-state index in [1.165, 1.54) is 5.69 Å². The Morgan fingerprint density at radius 2 is 2.00 bits per heavy atom. The summed E-state index contributed by atoms with van der Waals surface area (Å²) in [4.78, 5) is 6.78. The van der Waals surface area contributed by atoms with E-state index < -0.39 is 0 Å². The van der Waals surface area contributed by atoms with Crippen LogP contribution >= 0.6 is 0 Å². The maximum atomic E-state index is 9.94. The lowest BCUT2D eigenvalue weighted by Crippen LogP contribution is -2.33. The van der Waals surface area contributed by atoms with Crippen molar-refractivity contribution in [2.75, 3.05) is 19.7 Å². The molecular weight excluding hydrogens is 292 g/mol. The van der Waals surface area contributed by atoms with Crippen LogP contribution in [0.5, 0.6) is 5.75 Å². The van der Waals surface area contributed by atoms with E-state index in [4.69, 9.17) is 5.11 Å².